The Kier molecular flexibility index (Phi) is 7.27. The molecular weight excluding hydrogens is 406 g/mol. The molecule has 1 atom stereocenters. The van der Waals surface area contributed by atoms with Crippen LogP contribution in [-0.4, -0.2) is 42.6 Å². The molecule has 0 bridgehead atoms. The highest BCUT2D eigenvalue weighted by atomic mass is 32.2. The van der Waals surface area contributed by atoms with Gasteiger partial charge in [0.15, 0.2) is 10.3 Å². The highest BCUT2D eigenvalue weighted by molar-refractivity contribution is 8.00. The van der Waals surface area contributed by atoms with Crippen molar-refractivity contribution in [3.8, 4) is 5.69 Å². The third-order valence-electron chi connectivity index (χ3n) is 3.91. The van der Waals surface area contributed by atoms with Gasteiger partial charge in [-0.2, -0.15) is 0 Å². The van der Waals surface area contributed by atoms with Crippen molar-refractivity contribution in [1.29, 1.82) is 0 Å². The average molecular weight is 430 g/mol. The van der Waals surface area contributed by atoms with E-state index in [0.29, 0.717) is 22.7 Å². The summed E-state index contributed by atoms with van der Waals surface area (Å²) < 4.78 is 7.09. The molecule has 0 fully saturated rings. The lowest BCUT2D eigenvalue weighted by atomic mass is 10.3. The predicted octanol–water partition coefficient (Wildman–Crippen LogP) is 4.01. The third kappa shape index (κ3) is 5.57. The molecule has 0 spiro atoms. The maximum absolute atomic E-state index is 12.1. The van der Waals surface area contributed by atoms with Crippen LogP contribution in [0.3, 0.4) is 0 Å². The minimum absolute atomic E-state index is 0.264. The van der Waals surface area contributed by atoms with Gasteiger partial charge in [0.1, 0.15) is 11.1 Å². The number of hydrogen-bond donors (Lipinski definition) is 0. The fourth-order valence-corrected chi connectivity index (χ4v) is 4.41. The van der Waals surface area contributed by atoms with Crippen LogP contribution in [0, 0.1) is 13.8 Å². The summed E-state index contributed by atoms with van der Waals surface area (Å²) in [5, 5.41) is 9.68. The molecule has 1 aromatic carbocycles. The lowest BCUT2D eigenvalue weighted by Gasteiger charge is -2.13. The molecule has 0 unspecified atom stereocenters. The van der Waals surface area contributed by atoms with Crippen LogP contribution in [0.1, 0.15) is 31.1 Å². The minimum Gasteiger partial charge on any atom is -0.465 e. The number of aryl methyl sites for hydroxylation is 2. The van der Waals surface area contributed by atoms with E-state index in [1.54, 1.807) is 6.92 Å². The molecule has 152 valence electrons. The SMILES string of the molecule is CCOC(=O)[C@@H](C)Sc1nnc(CSc2nc(C)cc(C)n2)n1-c1ccccc1. The van der Waals surface area contributed by atoms with Crippen molar-refractivity contribution in [3.05, 3.63) is 53.6 Å². The molecule has 0 saturated carbocycles. The smallest absolute Gasteiger partial charge is 0.319 e. The van der Waals surface area contributed by atoms with Gasteiger partial charge in [-0.1, -0.05) is 41.7 Å². The molecule has 0 radical (unpaired) electrons. The van der Waals surface area contributed by atoms with Crippen LogP contribution in [0.25, 0.3) is 5.69 Å². The summed E-state index contributed by atoms with van der Waals surface area (Å²) in [4.78, 5) is 21.0. The van der Waals surface area contributed by atoms with E-state index in [9.17, 15) is 4.79 Å². The fourth-order valence-electron chi connectivity index (χ4n) is 2.66. The predicted molar refractivity (Wildman–Crippen MR) is 114 cm³/mol. The fraction of sp³-hybridized carbons (Fsp3) is 0.350. The van der Waals surface area contributed by atoms with E-state index >= 15 is 0 Å². The number of ether oxygens (including phenoxy) is 1. The summed E-state index contributed by atoms with van der Waals surface area (Å²) in [6.45, 7) is 7.87. The van der Waals surface area contributed by atoms with Gasteiger partial charge in [-0.15, -0.1) is 10.2 Å². The molecule has 0 aliphatic rings. The highest BCUT2D eigenvalue weighted by Gasteiger charge is 2.22. The second kappa shape index (κ2) is 9.89. The Hall–Kier alpha value is -2.39. The minimum atomic E-state index is -0.384. The molecule has 0 aliphatic carbocycles. The van der Waals surface area contributed by atoms with Crippen LogP contribution in [0.4, 0.5) is 0 Å². The number of carbonyl (C=O) groups excluding carboxylic acids is 1. The zero-order valence-electron chi connectivity index (χ0n) is 16.8. The molecule has 9 heteroatoms. The standard InChI is InChI=1S/C20H23N5O2S2/c1-5-27-18(26)15(4)29-20-24-23-17(25(20)16-9-7-6-8-10-16)12-28-19-21-13(2)11-14(3)22-19/h6-11,15H,5,12H2,1-4H3/t15-/m1/s1. The molecule has 3 rings (SSSR count). The van der Waals surface area contributed by atoms with Crippen LogP contribution < -0.4 is 0 Å². The van der Waals surface area contributed by atoms with E-state index in [4.69, 9.17) is 4.74 Å². The first-order valence-corrected chi connectivity index (χ1v) is 11.1. The molecule has 3 aromatic rings. The Morgan fingerprint density at radius 3 is 2.48 bits per heavy atom. The number of hydrogen-bond acceptors (Lipinski definition) is 8. The van der Waals surface area contributed by atoms with Crippen molar-refractivity contribution in [2.45, 2.75) is 49.0 Å². The van der Waals surface area contributed by atoms with Crippen LogP contribution in [-0.2, 0) is 15.3 Å². The number of benzene rings is 1. The van der Waals surface area contributed by atoms with Crippen molar-refractivity contribution in [2.75, 3.05) is 6.61 Å². The maximum Gasteiger partial charge on any atom is 0.319 e. The third-order valence-corrected chi connectivity index (χ3v) is 5.77. The van der Waals surface area contributed by atoms with Gasteiger partial charge in [-0.25, -0.2) is 9.97 Å². The Morgan fingerprint density at radius 2 is 1.83 bits per heavy atom. The quantitative estimate of drug-likeness (QED) is 0.302. The summed E-state index contributed by atoms with van der Waals surface area (Å²) in [5.74, 6) is 1.06. The summed E-state index contributed by atoms with van der Waals surface area (Å²) in [5.41, 5.74) is 2.81. The van der Waals surface area contributed by atoms with Crippen molar-refractivity contribution in [2.24, 2.45) is 0 Å². The number of thioether (sulfide) groups is 2. The zero-order chi connectivity index (χ0) is 20.8. The van der Waals surface area contributed by atoms with Crippen LogP contribution in [0.5, 0.6) is 0 Å². The van der Waals surface area contributed by atoms with Gasteiger partial charge in [-0.3, -0.25) is 9.36 Å². The van der Waals surface area contributed by atoms with E-state index in [2.05, 4.69) is 20.2 Å². The molecule has 0 aliphatic heterocycles. The van der Waals surface area contributed by atoms with Crippen molar-refractivity contribution >= 4 is 29.5 Å². The largest absolute Gasteiger partial charge is 0.465 e. The lowest BCUT2D eigenvalue weighted by molar-refractivity contribution is -0.142. The molecule has 0 N–H and O–H groups in total. The summed E-state index contributed by atoms with van der Waals surface area (Å²) >= 11 is 2.85. The van der Waals surface area contributed by atoms with Crippen LogP contribution >= 0.6 is 23.5 Å². The molecular formula is C20H23N5O2S2. The lowest BCUT2D eigenvalue weighted by Crippen LogP contribution is -2.17. The Balaban J connectivity index is 1.87. The molecule has 2 heterocycles. The van der Waals surface area contributed by atoms with E-state index < -0.39 is 0 Å². The van der Waals surface area contributed by atoms with Gasteiger partial charge in [0.25, 0.3) is 0 Å². The van der Waals surface area contributed by atoms with Gasteiger partial charge in [-0.05, 0) is 45.9 Å². The monoisotopic (exact) mass is 429 g/mol. The summed E-state index contributed by atoms with van der Waals surface area (Å²) in [7, 11) is 0. The average Bonchev–Trinajstić information content (AvgIpc) is 3.09. The molecule has 2 aromatic heterocycles. The second-order valence-corrected chi connectivity index (χ2v) is 8.55. The Bertz CT molecular complexity index is 958. The van der Waals surface area contributed by atoms with Gasteiger partial charge < -0.3 is 4.74 Å². The van der Waals surface area contributed by atoms with E-state index in [0.717, 1.165) is 22.9 Å². The van der Waals surface area contributed by atoms with Gasteiger partial charge in [0, 0.05) is 17.1 Å². The number of carbonyl (C=O) groups is 1. The number of rotatable bonds is 8. The normalized spacial score (nSPS) is 12.0. The van der Waals surface area contributed by atoms with E-state index in [1.165, 1.54) is 23.5 Å². The number of esters is 1. The number of para-hydroxylation sites is 1. The second-order valence-electron chi connectivity index (χ2n) is 6.30. The maximum atomic E-state index is 12.1. The van der Waals surface area contributed by atoms with Gasteiger partial charge in [0.2, 0.25) is 0 Å². The molecule has 0 saturated heterocycles. The molecule has 29 heavy (non-hydrogen) atoms. The number of aromatic nitrogens is 5. The Morgan fingerprint density at radius 1 is 1.14 bits per heavy atom. The first-order chi connectivity index (χ1) is 14.0. The first-order valence-electron chi connectivity index (χ1n) is 9.26. The van der Waals surface area contributed by atoms with Crippen molar-refractivity contribution in [3.63, 3.8) is 0 Å². The van der Waals surface area contributed by atoms with Crippen molar-refractivity contribution in [1.82, 2.24) is 24.7 Å². The highest BCUT2D eigenvalue weighted by Crippen LogP contribution is 2.28. The topological polar surface area (TPSA) is 82.8 Å². The zero-order valence-corrected chi connectivity index (χ0v) is 18.5. The van der Waals surface area contributed by atoms with Gasteiger partial charge in [0.05, 0.1) is 12.4 Å². The Labute approximate surface area is 178 Å². The van der Waals surface area contributed by atoms with Crippen molar-refractivity contribution < 1.29 is 9.53 Å². The van der Waals surface area contributed by atoms with E-state index in [1.807, 2.05) is 61.7 Å². The summed E-state index contributed by atoms with van der Waals surface area (Å²) in [6, 6.07) is 11.8. The van der Waals surface area contributed by atoms with E-state index in [-0.39, 0.29) is 11.2 Å². The molecule has 7 nitrogen and oxygen atoms in total. The summed E-state index contributed by atoms with van der Waals surface area (Å²) in [6.07, 6.45) is 0. The van der Waals surface area contributed by atoms with Gasteiger partial charge >= 0.3 is 5.97 Å². The first kappa shape index (κ1) is 21.3. The van der Waals surface area contributed by atoms with Crippen LogP contribution in [0.2, 0.25) is 0 Å². The molecule has 0 amide bonds. The van der Waals surface area contributed by atoms with Crippen LogP contribution in [0.15, 0.2) is 46.7 Å². The number of nitrogens with zero attached hydrogens (tertiary/aromatic N) is 5.